The lowest BCUT2D eigenvalue weighted by Gasteiger charge is -2.27. The van der Waals surface area contributed by atoms with Gasteiger partial charge >= 0.3 is 0 Å². The zero-order valence-corrected chi connectivity index (χ0v) is 22.1. The molecule has 0 amide bonds. The molecule has 0 aliphatic rings. The Kier molecular flexibility index (Phi) is 8.92. The third kappa shape index (κ3) is 7.05. The number of aromatic nitrogens is 1. The number of carbonyl (C=O) groups is 1. The second-order valence-corrected chi connectivity index (χ2v) is 10.0. The fraction of sp³-hybridized carbons (Fsp3) is 0.357. The summed E-state index contributed by atoms with van der Waals surface area (Å²) in [5.74, 6) is 0.0383. The summed E-state index contributed by atoms with van der Waals surface area (Å²) in [6, 6.07) is 12.6. The third-order valence-corrected chi connectivity index (χ3v) is 6.30. The summed E-state index contributed by atoms with van der Waals surface area (Å²) in [6.45, 7) is 5.19. The Morgan fingerprint density at radius 2 is 1.84 bits per heavy atom. The van der Waals surface area contributed by atoms with Crippen LogP contribution in [0.25, 0.3) is 11.3 Å². The molecular weight excluding hydrogens is 499 g/mol. The molecule has 198 valence electrons. The SMILES string of the molecule is COc1cc(C(=O)CC[C@](C)(O)c2cc(C(C)(C)N)cc(-c3ccc(F)c(Cl)c3)n2)ccc1OCCO. The highest BCUT2D eigenvalue weighted by Gasteiger charge is 2.29. The standard InChI is InChI=1S/C28H32ClFN2O5/c1-27(2,31)19-15-22(17-5-7-21(30)20(29)13-17)32-26(16-19)28(3,35)10-9-23(34)18-6-8-24(37-12-11-33)25(14-18)36-4/h5-8,13-16,33,35H,9-12,31H2,1-4H3/t28-/m0/s1. The molecule has 0 spiro atoms. The number of rotatable bonds is 11. The zero-order chi connectivity index (χ0) is 27.4. The van der Waals surface area contributed by atoms with Gasteiger partial charge in [0.25, 0.3) is 0 Å². The van der Waals surface area contributed by atoms with E-state index in [1.165, 1.54) is 19.2 Å². The molecule has 0 unspecified atom stereocenters. The highest BCUT2D eigenvalue weighted by atomic mass is 35.5. The van der Waals surface area contributed by atoms with Crippen LogP contribution >= 0.6 is 11.6 Å². The van der Waals surface area contributed by atoms with Gasteiger partial charge in [-0.1, -0.05) is 11.6 Å². The second-order valence-electron chi connectivity index (χ2n) is 9.61. The number of carbonyl (C=O) groups excluding carboxylic acids is 1. The molecule has 3 aromatic rings. The Hall–Kier alpha value is -3.04. The van der Waals surface area contributed by atoms with Crippen molar-refractivity contribution in [3.8, 4) is 22.8 Å². The van der Waals surface area contributed by atoms with Crippen molar-refractivity contribution in [1.82, 2.24) is 4.98 Å². The summed E-state index contributed by atoms with van der Waals surface area (Å²) in [7, 11) is 1.46. The number of nitrogens with zero attached hydrogens (tertiary/aromatic N) is 1. The summed E-state index contributed by atoms with van der Waals surface area (Å²) in [6.07, 6.45) is 0.116. The van der Waals surface area contributed by atoms with Crippen LogP contribution in [0.3, 0.4) is 0 Å². The zero-order valence-electron chi connectivity index (χ0n) is 21.3. The number of benzene rings is 2. The van der Waals surface area contributed by atoms with E-state index < -0.39 is 17.0 Å². The molecule has 0 radical (unpaired) electrons. The largest absolute Gasteiger partial charge is 0.493 e. The number of aliphatic hydroxyl groups excluding tert-OH is 1. The van der Waals surface area contributed by atoms with Crippen LogP contribution in [0.15, 0.2) is 48.5 Å². The van der Waals surface area contributed by atoms with Crippen molar-refractivity contribution in [1.29, 1.82) is 0 Å². The quantitative estimate of drug-likeness (QED) is 0.299. The minimum Gasteiger partial charge on any atom is -0.493 e. The number of pyridine rings is 1. The lowest BCUT2D eigenvalue weighted by Crippen LogP contribution is -2.31. The van der Waals surface area contributed by atoms with Gasteiger partial charge in [-0.25, -0.2) is 9.37 Å². The van der Waals surface area contributed by atoms with Gasteiger partial charge < -0.3 is 25.4 Å². The van der Waals surface area contributed by atoms with E-state index in [0.717, 1.165) is 0 Å². The number of ether oxygens (including phenoxy) is 2. The number of aliphatic hydroxyl groups is 2. The smallest absolute Gasteiger partial charge is 0.163 e. The van der Waals surface area contributed by atoms with Crippen LogP contribution in [0, 0.1) is 5.82 Å². The van der Waals surface area contributed by atoms with Crippen molar-refractivity contribution in [2.45, 2.75) is 44.8 Å². The van der Waals surface area contributed by atoms with E-state index in [9.17, 15) is 14.3 Å². The molecule has 1 heterocycles. The summed E-state index contributed by atoms with van der Waals surface area (Å²) in [5, 5.41) is 20.3. The first-order chi connectivity index (χ1) is 17.4. The van der Waals surface area contributed by atoms with E-state index >= 15 is 0 Å². The van der Waals surface area contributed by atoms with Crippen molar-refractivity contribution >= 4 is 17.4 Å². The lowest BCUT2D eigenvalue weighted by atomic mass is 9.88. The molecule has 2 aromatic carbocycles. The summed E-state index contributed by atoms with van der Waals surface area (Å²) in [5.41, 5.74) is 6.62. The minimum absolute atomic E-state index is 0.0304. The van der Waals surface area contributed by atoms with Crippen LogP contribution in [0.5, 0.6) is 11.5 Å². The van der Waals surface area contributed by atoms with Crippen molar-refractivity contribution < 1.29 is 28.9 Å². The van der Waals surface area contributed by atoms with Crippen molar-refractivity contribution in [2.24, 2.45) is 5.73 Å². The van der Waals surface area contributed by atoms with E-state index in [4.69, 9.17) is 31.9 Å². The highest BCUT2D eigenvalue weighted by molar-refractivity contribution is 6.31. The molecule has 3 rings (SSSR count). The molecule has 9 heteroatoms. The monoisotopic (exact) mass is 530 g/mol. The van der Waals surface area contributed by atoms with E-state index in [1.54, 1.807) is 43.3 Å². The predicted octanol–water partition coefficient (Wildman–Crippen LogP) is 4.99. The van der Waals surface area contributed by atoms with Crippen LogP contribution in [0.1, 0.15) is 55.2 Å². The topological polar surface area (TPSA) is 115 Å². The molecule has 4 N–H and O–H groups in total. The van der Waals surface area contributed by atoms with Gasteiger partial charge in [-0.3, -0.25) is 4.79 Å². The molecule has 0 aliphatic heterocycles. The Morgan fingerprint density at radius 1 is 1.11 bits per heavy atom. The Morgan fingerprint density at radius 3 is 2.46 bits per heavy atom. The van der Waals surface area contributed by atoms with Gasteiger partial charge in [0.2, 0.25) is 0 Å². The molecule has 0 aliphatic carbocycles. The minimum atomic E-state index is -1.47. The molecule has 0 fully saturated rings. The number of ketones is 1. The molecule has 0 saturated heterocycles. The molecular formula is C28H32ClFN2O5. The van der Waals surface area contributed by atoms with Gasteiger partial charge in [0, 0.05) is 23.1 Å². The summed E-state index contributed by atoms with van der Waals surface area (Å²) < 4.78 is 24.4. The van der Waals surface area contributed by atoms with Crippen molar-refractivity contribution in [3.63, 3.8) is 0 Å². The normalized spacial score (nSPS) is 13.2. The number of hydrogen-bond acceptors (Lipinski definition) is 7. The average molecular weight is 531 g/mol. The molecule has 37 heavy (non-hydrogen) atoms. The number of Topliss-reactive ketones (excluding diaryl/α,β-unsaturated/α-hetero) is 1. The van der Waals surface area contributed by atoms with Gasteiger partial charge in [-0.15, -0.1) is 0 Å². The van der Waals surface area contributed by atoms with E-state index in [2.05, 4.69) is 4.98 Å². The summed E-state index contributed by atoms with van der Waals surface area (Å²) in [4.78, 5) is 17.6. The van der Waals surface area contributed by atoms with Gasteiger partial charge in [0.05, 0.1) is 30.1 Å². The lowest BCUT2D eigenvalue weighted by molar-refractivity contribution is 0.0396. The predicted molar refractivity (Wildman–Crippen MR) is 141 cm³/mol. The molecule has 7 nitrogen and oxygen atoms in total. The van der Waals surface area contributed by atoms with E-state index in [-0.39, 0.29) is 36.9 Å². The molecule has 1 aromatic heterocycles. The number of hydrogen-bond donors (Lipinski definition) is 3. The average Bonchev–Trinajstić information content (AvgIpc) is 2.86. The van der Waals surface area contributed by atoms with Crippen LogP contribution in [-0.2, 0) is 11.1 Å². The Bertz CT molecular complexity index is 1270. The fourth-order valence-corrected chi connectivity index (χ4v) is 3.91. The number of nitrogens with two attached hydrogens (primary N) is 1. The number of halogens is 2. The first kappa shape index (κ1) is 28.5. The fourth-order valence-electron chi connectivity index (χ4n) is 3.73. The summed E-state index contributed by atoms with van der Waals surface area (Å²) >= 11 is 5.98. The first-order valence-electron chi connectivity index (χ1n) is 11.8. The van der Waals surface area contributed by atoms with Crippen molar-refractivity contribution in [2.75, 3.05) is 20.3 Å². The Labute approximate surface area is 221 Å². The van der Waals surface area contributed by atoms with E-state index in [1.807, 2.05) is 13.8 Å². The molecule has 0 saturated carbocycles. The van der Waals surface area contributed by atoms with Gasteiger partial charge in [-0.2, -0.15) is 0 Å². The maximum absolute atomic E-state index is 13.7. The first-order valence-corrected chi connectivity index (χ1v) is 12.2. The van der Waals surface area contributed by atoms with Crippen LogP contribution in [0.2, 0.25) is 5.02 Å². The second kappa shape index (κ2) is 11.6. The maximum Gasteiger partial charge on any atom is 0.163 e. The van der Waals surface area contributed by atoms with Gasteiger partial charge in [0.1, 0.15) is 18.0 Å². The number of methoxy groups -OCH3 is 1. The van der Waals surface area contributed by atoms with Crippen molar-refractivity contribution in [3.05, 3.63) is 76.2 Å². The van der Waals surface area contributed by atoms with Crippen LogP contribution in [-0.4, -0.2) is 41.3 Å². The molecule has 1 atom stereocenters. The van der Waals surface area contributed by atoms with Crippen LogP contribution < -0.4 is 15.2 Å². The van der Waals surface area contributed by atoms with Gasteiger partial charge in [-0.05, 0) is 81.3 Å². The van der Waals surface area contributed by atoms with Gasteiger partial charge in [0.15, 0.2) is 17.3 Å². The van der Waals surface area contributed by atoms with E-state index in [0.29, 0.717) is 39.6 Å². The van der Waals surface area contributed by atoms with Crippen LogP contribution in [0.4, 0.5) is 4.39 Å². The third-order valence-electron chi connectivity index (χ3n) is 6.01. The maximum atomic E-state index is 13.7. The highest BCUT2D eigenvalue weighted by Crippen LogP contribution is 2.34. The molecule has 0 bridgehead atoms. The Balaban J connectivity index is 1.88.